The highest BCUT2D eigenvalue weighted by Gasteiger charge is 2.15. The van der Waals surface area contributed by atoms with E-state index in [1.165, 1.54) is 4.70 Å². The average molecular weight is 379 g/mol. The first-order valence-corrected chi connectivity index (χ1v) is 9.84. The Morgan fingerprint density at radius 3 is 2.85 bits per heavy atom. The molecule has 0 saturated heterocycles. The van der Waals surface area contributed by atoms with Crippen LogP contribution in [0.15, 0.2) is 58.2 Å². The first-order valence-electron chi connectivity index (χ1n) is 8.03. The molecule has 0 atom stereocenters. The van der Waals surface area contributed by atoms with Gasteiger partial charge in [0.1, 0.15) is 0 Å². The van der Waals surface area contributed by atoms with Crippen molar-refractivity contribution in [3.8, 4) is 11.4 Å². The van der Waals surface area contributed by atoms with Crippen molar-refractivity contribution in [2.24, 2.45) is 0 Å². The van der Waals surface area contributed by atoms with E-state index in [1.54, 1.807) is 23.1 Å². The summed E-state index contributed by atoms with van der Waals surface area (Å²) in [7, 11) is 0. The number of hydrogen-bond donors (Lipinski definition) is 0. The molecule has 0 unspecified atom stereocenters. The van der Waals surface area contributed by atoms with Crippen molar-refractivity contribution in [2.45, 2.75) is 17.8 Å². The van der Waals surface area contributed by atoms with Gasteiger partial charge in [-0.15, -0.1) is 10.2 Å². The first-order chi connectivity index (χ1) is 12.8. The molecule has 3 aromatic heterocycles. The molecule has 8 heteroatoms. The number of rotatable bonds is 4. The number of benzene rings is 2. The zero-order valence-corrected chi connectivity index (χ0v) is 15.4. The maximum absolute atomic E-state index is 5.42. The van der Waals surface area contributed by atoms with E-state index >= 15 is 0 Å². The summed E-state index contributed by atoms with van der Waals surface area (Å²) in [6.07, 6.45) is 0. The van der Waals surface area contributed by atoms with Gasteiger partial charge < -0.3 is 4.52 Å². The summed E-state index contributed by atoms with van der Waals surface area (Å²) in [6, 6.07) is 16.2. The molecule has 0 aliphatic rings. The molecule has 0 bridgehead atoms. The molecule has 6 nitrogen and oxygen atoms in total. The van der Waals surface area contributed by atoms with Gasteiger partial charge in [-0.3, -0.25) is 4.40 Å². The Labute approximate surface area is 156 Å². The van der Waals surface area contributed by atoms with Gasteiger partial charge in [-0.2, -0.15) is 4.98 Å². The van der Waals surface area contributed by atoms with Crippen molar-refractivity contribution in [3.05, 3.63) is 60.0 Å². The van der Waals surface area contributed by atoms with Crippen molar-refractivity contribution in [2.75, 3.05) is 0 Å². The fraction of sp³-hybridized carbons (Fsp3) is 0.111. The van der Waals surface area contributed by atoms with Crippen LogP contribution in [0.5, 0.6) is 0 Å². The van der Waals surface area contributed by atoms with Gasteiger partial charge in [-0.05, 0) is 24.6 Å². The Balaban J connectivity index is 1.42. The number of aromatic nitrogens is 5. The normalized spacial score (nSPS) is 11.6. The lowest BCUT2D eigenvalue weighted by atomic mass is 10.1. The van der Waals surface area contributed by atoms with Crippen LogP contribution in [0, 0.1) is 6.92 Å². The van der Waals surface area contributed by atoms with Crippen LogP contribution in [-0.4, -0.2) is 24.7 Å². The number of thiazole rings is 1. The van der Waals surface area contributed by atoms with E-state index in [-0.39, 0.29) is 0 Å². The predicted octanol–water partition coefficient (Wildman–Crippen LogP) is 4.59. The Bertz CT molecular complexity index is 1220. The summed E-state index contributed by atoms with van der Waals surface area (Å²) >= 11 is 3.17. The summed E-state index contributed by atoms with van der Waals surface area (Å²) < 4.78 is 8.68. The van der Waals surface area contributed by atoms with Crippen LogP contribution >= 0.6 is 23.1 Å². The lowest BCUT2D eigenvalue weighted by Crippen LogP contribution is -1.88. The predicted molar refractivity (Wildman–Crippen MR) is 102 cm³/mol. The van der Waals surface area contributed by atoms with Gasteiger partial charge in [0.2, 0.25) is 16.7 Å². The second-order valence-electron chi connectivity index (χ2n) is 5.79. The Morgan fingerprint density at radius 1 is 1.08 bits per heavy atom. The van der Waals surface area contributed by atoms with E-state index in [2.05, 4.69) is 36.9 Å². The van der Waals surface area contributed by atoms with E-state index in [0.717, 1.165) is 26.8 Å². The number of aryl methyl sites for hydroxylation is 1. The molecule has 0 spiro atoms. The molecular formula is C18H13N5OS2. The van der Waals surface area contributed by atoms with Crippen LogP contribution in [0.4, 0.5) is 0 Å². The van der Waals surface area contributed by atoms with E-state index in [9.17, 15) is 0 Å². The van der Waals surface area contributed by atoms with Crippen LogP contribution in [0.1, 0.15) is 11.5 Å². The van der Waals surface area contributed by atoms with Gasteiger partial charge >= 0.3 is 0 Å². The molecule has 2 aromatic carbocycles. The van der Waals surface area contributed by atoms with Crippen molar-refractivity contribution in [1.82, 2.24) is 24.7 Å². The maximum Gasteiger partial charge on any atom is 0.237 e. The molecule has 5 rings (SSSR count). The number of para-hydroxylation sites is 1. The standard InChI is InChI=1S/C18H13N5OS2/c1-11-6-2-3-7-12(11)16-19-15(24-22-16)10-25-17-20-21-18-23(17)13-8-4-5-9-14(13)26-18/h2-9H,10H2,1H3. The zero-order valence-electron chi connectivity index (χ0n) is 13.8. The minimum atomic E-state index is 0.545. The minimum absolute atomic E-state index is 0.545. The lowest BCUT2D eigenvalue weighted by Gasteiger charge is -1.98. The average Bonchev–Trinajstić information content (AvgIpc) is 3.35. The Morgan fingerprint density at radius 2 is 1.92 bits per heavy atom. The summed E-state index contributed by atoms with van der Waals surface area (Å²) in [4.78, 5) is 5.41. The highest BCUT2D eigenvalue weighted by molar-refractivity contribution is 7.98. The fourth-order valence-electron chi connectivity index (χ4n) is 2.82. The molecule has 0 aliphatic heterocycles. The molecule has 0 aliphatic carbocycles. The van der Waals surface area contributed by atoms with Crippen LogP contribution in [-0.2, 0) is 5.75 Å². The van der Waals surface area contributed by atoms with Crippen LogP contribution in [0.2, 0.25) is 0 Å². The lowest BCUT2D eigenvalue weighted by molar-refractivity contribution is 0.391. The summed E-state index contributed by atoms with van der Waals surface area (Å²) in [5.74, 6) is 1.74. The van der Waals surface area contributed by atoms with E-state index in [4.69, 9.17) is 4.52 Å². The third kappa shape index (κ3) is 2.58. The Hall–Kier alpha value is -2.71. The third-order valence-electron chi connectivity index (χ3n) is 4.09. The molecule has 0 amide bonds. The SMILES string of the molecule is Cc1ccccc1-c1noc(CSc2nnc3sc4ccccc4n23)n1. The molecule has 0 saturated carbocycles. The largest absolute Gasteiger partial charge is 0.338 e. The number of thioether (sulfide) groups is 1. The molecule has 128 valence electrons. The number of hydrogen-bond acceptors (Lipinski definition) is 7. The monoisotopic (exact) mass is 379 g/mol. The fourth-order valence-corrected chi connectivity index (χ4v) is 4.63. The third-order valence-corrected chi connectivity index (χ3v) is 6.02. The topological polar surface area (TPSA) is 69.1 Å². The van der Waals surface area contributed by atoms with Crippen LogP contribution in [0.3, 0.4) is 0 Å². The smallest absolute Gasteiger partial charge is 0.237 e. The highest BCUT2D eigenvalue weighted by Crippen LogP contribution is 2.31. The first kappa shape index (κ1) is 15.5. The molecule has 0 radical (unpaired) electrons. The summed E-state index contributed by atoms with van der Waals surface area (Å²) in [5, 5.41) is 13.5. The highest BCUT2D eigenvalue weighted by atomic mass is 32.2. The van der Waals surface area contributed by atoms with Crippen molar-refractivity contribution in [3.63, 3.8) is 0 Å². The molecule has 5 aromatic rings. The molecule has 3 heterocycles. The van der Waals surface area contributed by atoms with Gasteiger partial charge in [0, 0.05) is 5.56 Å². The molecule has 26 heavy (non-hydrogen) atoms. The van der Waals surface area contributed by atoms with E-state index in [0.29, 0.717) is 17.5 Å². The zero-order chi connectivity index (χ0) is 17.5. The second kappa shape index (κ2) is 6.22. The van der Waals surface area contributed by atoms with Crippen molar-refractivity contribution in [1.29, 1.82) is 0 Å². The van der Waals surface area contributed by atoms with Crippen LogP contribution in [0.25, 0.3) is 26.6 Å². The van der Waals surface area contributed by atoms with Gasteiger partial charge in [0.25, 0.3) is 0 Å². The van der Waals surface area contributed by atoms with Gasteiger partial charge in [0.15, 0.2) is 5.16 Å². The van der Waals surface area contributed by atoms with E-state index < -0.39 is 0 Å². The molecule has 0 fully saturated rings. The van der Waals surface area contributed by atoms with Crippen molar-refractivity contribution < 1.29 is 4.52 Å². The van der Waals surface area contributed by atoms with E-state index in [1.807, 2.05) is 43.3 Å². The van der Waals surface area contributed by atoms with Gasteiger partial charge in [0.05, 0.1) is 16.0 Å². The molecule has 0 N–H and O–H groups in total. The van der Waals surface area contributed by atoms with Gasteiger partial charge in [-0.25, -0.2) is 0 Å². The van der Waals surface area contributed by atoms with Crippen LogP contribution < -0.4 is 0 Å². The summed E-state index contributed by atoms with van der Waals surface area (Å²) in [6.45, 7) is 2.04. The number of fused-ring (bicyclic) bond motifs is 3. The minimum Gasteiger partial charge on any atom is -0.338 e. The second-order valence-corrected chi connectivity index (χ2v) is 7.74. The molecular weight excluding hydrogens is 366 g/mol. The number of nitrogens with zero attached hydrogens (tertiary/aromatic N) is 5. The maximum atomic E-state index is 5.42. The summed E-state index contributed by atoms with van der Waals surface area (Å²) in [5.41, 5.74) is 3.23. The Kier molecular flexibility index (Phi) is 3.72. The quantitative estimate of drug-likeness (QED) is 0.425. The van der Waals surface area contributed by atoms with Gasteiger partial charge in [-0.1, -0.05) is 64.7 Å². The van der Waals surface area contributed by atoms with Crippen molar-refractivity contribution >= 4 is 38.3 Å².